The summed E-state index contributed by atoms with van der Waals surface area (Å²) < 4.78 is 25.2. The van der Waals surface area contributed by atoms with Crippen molar-refractivity contribution >= 4 is 9.05 Å². The molecule has 0 saturated heterocycles. The fourth-order valence-electron chi connectivity index (χ4n) is 3.51. The van der Waals surface area contributed by atoms with Crippen molar-refractivity contribution in [2.45, 2.75) is 143 Å². The molecule has 0 spiro atoms. The lowest BCUT2D eigenvalue weighted by Gasteiger charge is -2.28. The van der Waals surface area contributed by atoms with Gasteiger partial charge in [-0.3, -0.25) is 0 Å². The quantitative estimate of drug-likeness (QED) is 0.0956. The van der Waals surface area contributed by atoms with E-state index in [-0.39, 0.29) is 0 Å². The number of hydrogen-bond acceptors (Lipinski definition) is 4. The lowest BCUT2D eigenvalue weighted by Crippen LogP contribution is -2.50. The van der Waals surface area contributed by atoms with Crippen molar-refractivity contribution in [3.63, 3.8) is 0 Å². The molecule has 0 heterocycles. The third kappa shape index (κ3) is 20.4. The summed E-state index contributed by atoms with van der Waals surface area (Å²) in [5.41, 5.74) is 0. The van der Waals surface area contributed by atoms with E-state index in [4.69, 9.17) is 17.7 Å². The zero-order valence-corrected chi connectivity index (χ0v) is 22.7. The first-order valence-corrected chi connectivity index (χ1v) is 15.4. The number of hydrogen-bond donors (Lipinski definition) is 0. The van der Waals surface area contributed by atoms with Crippen LogP contribution in [0.15, 0.2) is 0 Å². The fraction of sp³-hybridized carbons (Fsp3) is 1.00. The molecule has 0 saturated carbocycles. The maximum absolute atomic E-state index is 6.32. The van der Waals surface area contributed by atoms with Crippen LogP contribution >= 0.6 is 0 Å². The molecule has 0 rings (SSSR count). The Bertz CT molecular complexity index is 301. The lowest BCUT2D eigenvalue weighted by molar-refractivity contribution is -0.0375. The third-order valence-electron chi connectivity index (χ3n) is 5.61. The van der Waals surface area contributed by atoms with Gasteiger partial charge in [-0.05, 0) is 25.7 Å². The van der Waals surface area contributed by atoms with E-state index in [1.165, 1.54) is 89.9 Å². The molecule has 0 fully saturated rings. The molecule has 0 radical (unpaired) electrons. The van der Waals surface area contributed by atoms with Crippen LogP contribution in [0.1, 0.15) is 143 Å². The van der Waals surface area contributed by atoms with Crippen LogP contribution in [0.25, 0.3) is 0 Å². The normalized spacial score (nSPS) is 12.0. The molecule has 0 aromatic carbocycles. The van der Waals surface area contributed by atoms with Gasteiger partial charge in [-0.1, -0.05) is 118 Å². The number of unbranched alkanes of at least 4 members (excludes halogenated alkanes) is 14. The predicted octanol–water partition coefficient (Wildman–Crippen LogP) is 8.59. The first-order chi connectivity index (χ1) is 15.2. The largest absolute Gasteiger partial charge is 0.679 e. The van der Waals surface area contributed by atoms with Gasteiger partial charge in [-0.2, -0.15) is 0 Å². The maximum Gasteiger partial charge on any atom is 0.679 e. The van der Waals surface area contributed by atoms with E-state index in [2.05, 4.69) is 27.7 Å². The average Bonchev–Trinajstić information content (AvgIpc) is 2.78. The highest BCUT2D eigenvalue weighted by molar-refractivity contribution is 6.53. The van der Waals surface area contributed by atoms with Crippen LogP contribution < -0.4 is 0 Å². The highest BCUT2D eigenvalue weighted by atomic mass is 28.4. The summed E-state index contributed by atoms with van der Waals surface area (Å²) in [4.78, 5) is 0. The van der Waals surface area contributed by atoms with Crippen molar-refractivity contribution in [2.24, 2.45) is 0 Å². The van der Waals surface area contributed by atoms with Gasteiger partial charge in [0.05, 0.1) is 0 Å². The molecule has 4 nitrogen and oxygen atoms in total. The third-order valence-corrected chi connectivity index (χ3v) is 7.84. The summed E-state index contributed by atoms with van der Waals surface area (Å²) in [5.74, 6) is 0. The van der Waals surface area contributed by atoms with Crippen LogP contribution in [0.4, 0.5) is 0 Å². The molecule has 0 amide bonds. The van der Waals surface area contributed by atoms with Gasteiger partial charge in [-0.25, -0.2) is 0 Å². The second-order valence-corrected chi connectivity index (χ2v) is 11.0. The summed E-state index contributed by atoms with van der Waals surface area (Å²) in [6, 6.07) is 0. The van der Waals surface area contributed by atoms with E-state index in [1.807, 2.05) is 0 Å². The van der Waals surface area contributed by atoms with E-state index in [1.54, 1.807) is 0 Å². The first-order valence-electron chi connectivity index (χ1n) is 13.8. The summed E-state index contributed by atoms with van der Waals surface area (Å²) in [6.45, 7) is 11.7. The summed E-state index contributed by atoms with van der Waals surface area (Å²) >= 11 is 0. The zero-order valence-electron chi connectivity index (χ0n) is 21.7. The smallest absolute Gasteiger partial charge is 0.351 e. The minimum Gasteiger partial charge on any atom is -0.351 e. The van der Waals surface area contributed by atoms with E-state index in [9.17, 15) is 0 Å². The zero-order chi connectivity index (χ0) is 22.9. The second kappa shape index (κ2) is 24.7. The summed E-state index contributed by atoms with van der Waals surface area (Å²) in [7, 11) is -3.05. The minimum absolute atomic E-state index is 0.682. The Morgan fingerprint density at radius 2 is 0.548 bits per heavy atom. The first kappa shape index (κ1) is 31.1. The summed E-state index contributed by atoms with van der Waals surface area (Å²) in [5, 5.41) is 0. The lowest BCUT2D eigenvalue weighted by atomic mass is 10.2. The van der Waals surface area contributed by atoms with Crippen molar-refractivity contribution in [3.05, 3.63) is 0 Å². The Hall–Kier alpha value is 0.0569. The maximum atomic E-state index is 6.32. The molecule has 0 aliphatic rings. The molecule has 5 heteroatoms. The van der Waals surface area contributed by atoms with Gasteiger partial charge in [0.2, 0.25) is 0 Å². The fourth-order valence-corrected chi connectivity index (χ4v) is 5.58. The SMILES string of the molecule is CCCCCCCO[Si](OCCCCC)(OCCCCCCC)OCCCCCCC. The standard InChI is InChI=1S/C26H56O4Si/c1-5-9-13-16-20-24-28-31(27-23-19-12-8-4,29-25-21-17-14-10-6-2)30-26-22-18-15-11-7-3/h5-26H2,1-4H3. The van der Waals surface area contributed by atoms with Crippen LogP contribution in [0.3, 0.4) is 0 Å². The molecule has 0 N–H and O–H groups in total. The predicted molar refractivity (Wildman–Crippen MR) is 135 cm³/mol. The highest BCUT2D eigenvalue weighted by Gasteiger charge is 2.45. The van der Waals surface area contributed by atoms with E-state index < -0.39 is 9.05 Å². The molecule has 0 bridgehead atoms. The van der Waals surface area contributed by atoms with Crippen LogP contribution in [0, 0.1) is 0 Å². The highest BCUT2D eigenvalue weighted by Crippen LogP contribution is 2.18. The van der Waals surface area contributed by atoms with Crippen molar-refractivity contribution in [1.29, 1.82) is 0 Å². The van der Waals surface area contributed by atoms with Crippen LogP contribution in [-0.2, 0) is 17.7 Å². The molecule has 31 heavy (non-hydrogen) atoms. The van der Waals surface area contributed by atoms with E-state index >= 15 is 0 Å². The molecular weight excluding hydrogens is 404 g/mol. The van der Waals surface area contributed by atoms with Crippen molar-refractivity contribution in [3.8, 4) is 0 Å². The van der Waals surface area contributed by atoms with E-state index in [0.717, 1.165) is 25.7 Å². The van der Waals surface area contributed by atoms with Gasteiger partial charge in [0, 0.05) is 26.4 Å². The molecule has 0 aromatic rings. The molecule has 0 atom stereocenters. The second-order valence-electron chi connectivity index (χ2n) is 8.84. The molecule has 188 valence electrons. The average molecular weight is 461 g/mol. The minimum atomic E-state index is -3.05. The topological polar surface area (TPSA) is 36.9 Å². The Balaban J connectivity index is 4.68. The molecule has 0 aromatic heterocycles. The van der Waals surface area contributed by atoms with Gasteiger partial charge < -0.3 is 17.7 Å². The molecule has 0 aliphatic heterocycles. The molecular formula is C26H56O4Si. The Kier molecular flexibility index (Phi) is 24.7. The van der Waals surface area contributed by atoms with Crippen molar-refractivity contribution < 1.29 is 17.7 Å². The van der Waals surface area contributed by atoms with Gasteiger partial charge >= 0.3 is 9.05 Å². The van der Waals surface area contributed by atoms with Crippen molar-refractivity contribution in [1.82, 2.24) is 0 Å². The van der Waals surface area contributed by atoms with Crippen LogP contribution in [-0.4, -0.2) is 35.5 Å². The Morgan fingerprint density at radius 1 is 0.323 bits per heavy atom. The van der Waals surface area contributed by atoms with E-state index in [0.29, 0.717) is 26.4 Å². The molecule has 0 aliphatic carbocycles. The van der Waals surface area contributed by atoms with Crippen molar-refractivity contribution in [2.75, 3.05) is 26.4 Å². The Morgan fingerprint density at radius 3 is 0.839 bits per heavy atom. The van der Waals surface area contributed by atoms with Gasteiger partial charge in [0.1, 0.15) is 0 Å². The Labute approximate surface area is 196 Å². The van der Waals surface area contributed by atoms with Gasteiger partial charge in [0.25, 0.3) is 0 Å². The monoisotopic (exact) mass is 460 g/mol. The van der Waals surface area contributed by atoms with Gasteiger partial charge in [0.15, 0.2) is 0 Å². The number of rotatable bonds is 26. The van der Waals surface area contributed by atoms with Crippen LogP contribution in [0.2, 0.25) is 0 Å². The summed E-state index contributed by atoms with van der Waals surface area (Å²) in [6.07, 6.45) is 21.8. The molecule has 0 unspecified atom stereocenters. The van der Waals surface area contributed by atoms with Gasteiger partial charge in [-0.15, -0.1) is 0 Å². The van der Waals surface area contributed by atoms with Crippen LogP contribution in [0.5, 0.6) is 0 Å².